The Hall–Kier alpha value is -2.07. The highest BCUT2D eigenvalue weighted by Crippen LogP contribution is 2.37. The highest BCUT2D eigenvalue weighted by atomic mass is 28.4. The van der Waals surface area contributed by atoms with E-state index in [-0.39, 0.29) is 11.6 Å². The van der Waals surface area contributed by atoms with Crippen molar-refractivity contribution in [3.63, 3.8) is 0 Å². The van der Waals surface area contributed by atoms with E-state index in [4.69, 9.17) is 18.6 Å². The van der Waals surface area contributed by atoms with Crippen molar-refractivity contribution >= 4 is 24.7 Å². The lowest BCUT2D eigenvalue weighted by Crippen LogP contribution is -2.68. The van der Waals surface area contributed by atoms with Crippen LogP contribution in [0.4, 0.5) is 0 Å². The molecular formula is C34H52O7Si. The second-order valence-corrected chi connectivity index (χ2v) is 17.0. The van der Waals surface area contributed by atoms with Gasteiger partial charge in [0, 0.05) is 6.61 Å². The maximum Gasteiger partial charge on any atom is 0.308 e. The van der Waals surface area contributed by atoms with Gasteiger partial charge in [-0.2, -0.15) is 0 Å². The Bertz CT molecular complexity index is 1020. The number of aliphatic hydroxyl groups is 2. The minimum atomic E-state index is -2.94. The maximum absolute atomic E-state index is 12.7. The van der Waals surface area contributed by atoms with Gasteiger partial charge in [-0.25, -0.2) is 0 Å². The van der Waals surface area contributed by atoms with Gasteiger partial charge in [0.15, 0.2) is 12.4 Å². The lowest BCUT2D eigenvalue weighted by Gasteiger charge is -2.46. The van der Waals surface area contributed by atoms with Crippen molar-refractivity contribution in [2.45, 2.75) is 116 Å². The molecule has 1 saturated heterocycles. The second kappa shape index (κ2) is 16.1. The number of hydrogen-bond acceptors (Lipinski definition) is 7. The molecular weight excluding hydrogens is 548 g/mol. The molecule has 7 nitrogen and oxygen atoms in total. The molecule has 0 bridgehead atoms. The molecule has 0 aliphatic carbocycles. The number of esters is 1. The summed E-state index contributed by atoms with van der Waals surface area (Å²) < 4.78 is 25.0. The van der Waals surface area contributed by atoms with Crippen LogP contribution in [0.3, 0.4) is 0 Å². The van der Waals surface area contributed by atoms with E-state index < -0.39 is 50.9 Å². The molecule has 0 spiro atoms. The first-order valence-electron chi connectivity index (χ1n) is 15.6. The summed E-state index contributed by atoms with van der Waals surface area (Å²) in [5.74, 6) is -0.883. The first kappa shape index (κ1) is 34.4. The molecule has 42 heavy (non-hydrogen) atoms. The normalized spacial score (nSPS) is 23.2. The zero-order chi connectivity index (χ0) is 30.8. The third-order valence-corrected chi connectivity index (χ3v) is 13.0. The van der Waals surface area contributed by atoms with Gasteiger partial charge in [0.25, 0.3) is 8.32 Å². The van der Waals surface area contributed by atoms with E-state index in [1.54, 1.807) is 13.8 Å². The number of aliphatic hydroxyl groups excluding tert-OH is 2. The van der Waals surface area contributed by atoms with Gasteiger partial charge in [-0.1, -0.05) is 134 Å². The van der Waals surface area contributed by atoms with Crippen molar-refractivity contribution < 1.29 is 33.6 Å². The van der Waals surface area contributed by atoms with Gasteiger partial charge in [-0.05, 0) is 21.8 Å². The van der Waals surface area contributed by atoms with Crippen molar-refractivity contribution in [3.05, 3.63) is 60.7 Å². The van der Waals surface area contributed by atoms with Crippen LogP contribution in [-0.4, -0.2) is 68.4 Å². The Labute approximate surface area is 253 Å². The lowest BCUT2D eigenvalue weighted by molar-refractivity contribution is -0.303. The van der Waals surface area contributed by atoms with Crippen LogP contribution >= 0.6 is 0 Å². The van der Waals surface area contributed by atoms with E-state index in [0.29, 0.717) is 6.61 Å². The molecule has 2 aromatic carbocycles. The molecule has 0 radical (unpaired) electrons. The average molecular weight is 601 g/mol. The number of benzene rings is 2. The highest BCUT2D eigenvalue weighted by molar-refractivity contribution is 6.99. The maximum atomic E-state index is 12.7. The van der Waals surface area contributed by atoms with Crippen LogP contribution in [0, 0.1) is 5.92 Å². The summed E-state index contributed by atoms with van der Waals surface area (Å²) in [6.07, 6.45) is 0.849. The highest BCUT2D eigenvalue weighted by Gasteiger charge is 2.53. The number of unbranched alkanes of at least 4 members (excludes halogenated alkanes) is 5. The van der Waals surface area contributed by atoms with E-state index in [0.717, 1.165) is 29.6 Å². The molecule has 0 saturated carbocycles. The molecule has 1 fully saturated rings. The minimum Gasteiger partial charge on any atom is -0.456 e. The van der Waals surface area contributed by atoms with Crippen LogP contribution in [0.15, 0.2) is 60.7 Å². The fraction of sp³-hybridized carbons (Fsp3) is 0.618. The molecule has 2 N–H and O–H groups in total. The van der Waals surface area contributed by atoms with E-state index in [1.165, 1.54) is 19.3 Å². The fourth-order valence-corrected chi connectivity index (χ4v) is 10.2. The van der Waals surface area contributed by atoms with Crippen molar-refractivity contribution in [2.75, 3.05) is 13.2 Å². The van der Waals surface area contributed by atoms with E-state index in [9.17, 15) is 15.0 Å². The van der Waals surface area contributed by atoms with Crippen molar-refractivity contribution in [3.8, 4) is 0 Å². The monoisotopic (exact) mass is 600 g/mol. The Kier molecular flexibility index (Phi) is 13.2. The number of hydrogen-bond donors (Lipinski definition) is 2. The second-order valence-electron chi connectivity index (χ2n) is 12.7. The Balaban J connectivity index is 1.88. The summed E-state index contributed by atoms with van der Waals surface area (Å²) in [6.45, 7) is 12.6. The van der Waals surface area contributed by atoms with Gasteiger partial charge < -0.3 is 28.8 Å². The van der Waals surface area contributed by atoms with Crippen LogP contribution < -0.4 is 10.4 Å². The van der Waals surface area contributed by atoms with Gasteiger partial charge >= 0.3 is 5.97 Å². The predicted molar refractivity (Wildman–Crippen MR) is 168 cm³/mol. The summed E-state index contributed by atoms with van der Waals surface area (Å²) in [5, 5.41) is 24.1. The molecule has 1 heterocycles. The Morgan fingerprint density at radius 1 is 0.881 bits per heavy atom. The molecule has 234 valence electrons. The van der Waals surface area contributed by atoms with E-state index >= 15 is 0 Å². The molecule has 0 aromatic heterocycles. The fourth-order valence-electron chi connectivity index (χ4n) is 5.64. The largest absolute Gasteiger partial charge is 0.456 e. The van der Waals surface area contributed by atoms with Crippen LogP contribution in [0.1, 0.15) is 80.1 Å². The quantitative estimate of drug-likeness (QED) is 0.170. The molecule has 5 atom stereocenters. The lowest BCUT2D eigenvalue weighted by atomic mass is 9.98. The summed E-state index contributed by atoms with van der Waals surface area (Å²) in [6, 6.07) is 20.5. The van der Waals surface area contributed by atoms with Gasteiger partial charge in [-0.15, -0.1) is 0 Å². The summed E-state index contributed by atoms with van der Waals surface area (Å²) in [7, 11) is -2.94. The van der Waals surface area contributed by atoms with Gasteiger partial charge in [0.05, 0.1) is 12.5 Å². The molecule has 2 aromatic rings. The smallest absolute Gasteiger partial charge is 0.308 e. The minimum absolute atomic E-state index is 0.0456. The van der Waals surface area contributed by atoms with Crippen LogP contribution in [0.25, 0.3) is 0 Å². The van der Waals surface area contributed by atoms with E-state index in [2.05, 4.69) is 52.0 Å². The molecule has 0 unspecified atom stereocenters. The van der Waals surface area contributed by atoms with Gasteiger partial charge in [0.1, 0.15) is 18.3 Å². The number of rotatable bonds is 15. The zero-order valence-corrected chi connectivity index (χ0v) is 27.3. The third kappa shape index (κ3) is 8.52. The molecule has 1 aliphatic heterocycles. The number of ether oxygens (including phenoxy) is 3. The predicted octanol–water partition coefficient (Wildman–Crippen LogP) is 4.95. The van der Waals surface area contributed by atoms with Gasteiger partial charge in [0.2, 0.25) is 0 Å². The Morgan fingerprint density at radius 2 is 1.43 bits per heavy atom. The summed E-state index contributed by atoms with van der Waals surface area (Å²) in [5.41, 5.74) is 0. The summed E-state index contributed by atoms with van der Waals surface area (Å²) in [4.78, 5) is 12.7. The van der Waals surface area contributed by atoms with Crippen LogP contribution in [-0.2, 0) is 23.4 Å². The molecule has 3 rings (SSSR count). The molecule has 0 amide bonds. The number of carbonyl (C=O) groups is 1. The third-order valence-electron chi connectivity index (χ3n) is 8.03. The molecule has 8 heteroatoms. The zero-order valence-electron chi connectivity index (χ0n) is 26.3. The Morgan fingerprint density at radius 3 is 1.95 bits per heavy atom. The van der Waals surface area contributed by atoms with Crippen LogP contribution in [0.2, 0.25) is 5.04 Å². The number of carbonyl (C=O) groups excluding carboxylic acids is 1. The SMILES string of the molecule is CCCCCCCCO[C@@H]1O[C@H](CO[Si](c2ccccc2)(c2ccccc2)C(C)(C)C)[C@@H](OC(=O)C(C)C)[C@H](O)[C@H]1O. The first-order chi connectivity index (χ1) is 20.0. The standard InChI is InChI=1S/C34H52O7Si/c1-7-8-9-10-11-18-23-38-33-30(36)29(35)31(41-32(37)25(2)3)28(40-33)24-39-42(34(4,5)6,26-19-14-12-15-20-26)27-21-16-13-17-22-27/h12-17,19-22,25,28-31,33,35-36H,7-11,18,23-24H2,1-6H3/t28-,29-,30-,31-,33-/m1/s1. The van der Waals surface area contributed by atoms with Gasteiger partial charge in [-0.3, -0.25) is 4.79 Å². The summed E-state index contributed by atoms with van der Waals surface area (Å²) >= 11 is 0. The van der Waals surface area contributed by atoms with Crippen molar-refractivity contribution in [2.24, 2.45) is 5.92 Å². The topological polar surface area (TPSA) is 94.5 Å². The van der Waals surface area contributed by atoms with Crippen molar-refractivity contribution in [1.29, 1.82) is 0 Å². The van der Waals surface area contributed by atoms with E-state index in [1.807, 2.05) is 36.4 Å². The molecule has 1 aliphatic rings. The first-order valence-corrected chi connectivity index (χ1v) is 17.5. The average Bonchev–Trinajstić information content (AvgIpc) is 2.97. The van der Waals surface area contributed by atoms with Crippen LogP contribution in [0.5, 0.6) is 0 Å². The van der Waals surface area contributed by atoms with Crippen molar-refractivity contribution in [1.82, 2.24) is 0 Å².